The van der Waals surface area contributed by atoms with Crippen LogP contribution in [-0.4, -0.2) is 51.9 Å². The Labute approximate surface area is 147 Å². The lowest BCUT2D eigenvalue weighted by atomic mass is 10.1. The number of rotatable bonds is 4. The highest BCUT2D eigenvalue weighted by Gasteiger charge is 2.44. The molecular weight excluding hydrogens is 354 g/mol. The maximum Gasteiger partial charge on any atom is 0.510 e. The van der Waals surface area contributed by atoms with Crippen molar-refractivity contribution in [3.05, 3.63) is 35.4 Å². The summed E-state index contributed by atoms with van der Waals surface area (Å²) in [6.07, 6.45) is -1.68. The van der Waals surface area contributed by atoms with Crippen molar-refractivity contribution in [2.45, 2.75) is 18.5 Å². The topological polar surface area (TPSA) is 82.1 Å². The van der Waals surface area contributed by atoms with Gasteiger partial charge in [-0.3, -0.25) is 14.5 Å². The smallest absolute Gasteiger partial charge is 0.479 e. The standard InChI is InChI=1S/C15H13NO6S2/c1-2-20-15(23)24-13-10(21-14(19)22-13)7-16-11(17)8-5-3-4-6-9(8)12(16)18/h3-6,10,13H,2,7H2,1H3/t10-,13-/m0/s1. The number of hydrogen-bond acceptors (Lipinski definition) is 8. The molecule has 0 saturated carbocycles. The fraction of sp³-hybridized carbons (Fsp3) is 0.333. The Morgan fingerprint density at radius 2 is 1.83 bits per heavy atom. The van der Waals surface area contributed by atoms with Crippen LogP contribution in [0.2, 0.25) is 0 Å². The van der Waals surface area contributed by atoms with Gasteiger partial charge in [-0.1, -0.05) is 12.1 Å². The Kier molecular flexibility index (Phi) is 4.72. The number of ether oxygens (including phenoxy) is 3. The summed E-state index contributed by atoms with van der Waals surface area (Å²) >= 11 is 6.02. The Morgan fingerprint density at radius 1 is 1.21 bits per heavy atom. The van der Waals surface area contributed by atoms with Crippen molar-refractivity contribution in [3.63, 3.8) is 0 Å². The molecular formula is C15H13NO6S2. The quantitative estimate of drug-likeness (QED) is 0.455. The largest absolute Gasteiger partial charge is 0.510 e. The zero-order valence-corrected chi connectivity index (χ0v) is 14.2. The minimum atomic E-state index is -0.867. The van der Waals surface area contributed by atoms with Crippen molar-refractivity contribution in [2.75, 3.05) is 13.2 Å². The average molecular weight is 367 g/mol. The molecule has 7 nitrogen and oxygen atoms in total. The Morgan fingerprint density at radius 3 is 2.42 bits per heavy atom. The van der Waals surface area contributed by atoms with Crippen molar-refractivity contribution in [1.82, 2.24) is 4.90 Å². The summed E-state index contributed by atoms with van der Waals surface area (Å²) in [6.45, 7) is 2.06. The van der Waals surface area contributed by atoms with Crippen LogP contribution in [0.5, 0.6) is 0 Å². The van der Waals surface area contributed by atoms with E-state index in [0.29, 0.717) is 17.7 Å². The van der Waals surface area contributed by atoms with E-state index in [2.05, 4.69) is 0 Å². The Balaban J connectivity index is 1.73. The van der Waals surface area contributed by atoms with Gasteiger partial charge in [-0.25, -0.2) is 4.79 Å². The van der Waals surface area contributed by atoms with Gasteiger partial charge >= 0.3 is 6.16 Å². The highest BCUT2D eigenvalue weighted by atomic mass is 32.2. The van der Waals surface area contributed by atoms with Gasteiger partial charge in [0.2, 0.25) is 4.38 Å². The lowest BCUT2D eigenvalue weighted by Gasteiger charge is -2.20. The second kappa shape index (κ2) is 6.78. The van der Waals surface area contributed by atoms with Crippen LogP contribution in [0.4, 0.5) is 4.79 Å². The Hall–Kier alpha value is -2.13. The molecule has 2 atom stereocenters. The predicted molar refractivity (Wildman–Crippen MR) is 88.8 cm³/mol. The lowest BCUT2D eigenvalue weighted by Crippen LogP contribution is -2.40. The summed E-state index contributed by atoms with van der Waals surface area (Å²) in [6, 6.07) is 6.54. The first kappa shape index (κ1) is 16.7. The highest BCUT2D eigenvalue weighted by Crippen LogP contribution is 2.30. The summed E-state index contributed by atoms with van der Waals surface area (Å²) in [4.78, 5) is 37.2. The molecule has 0 radical (unpaired) electrons. The molecule has 1 saturated heterocycles. The molecule has 0 spiro atoms. The maximum atomic E-state index is 12.4. The molecule has 1 fully saturated rings. The molecule has 0 N–H and O–H groups in total. The van der Waals surface area contributed by atoms with E-state index in [1.807, 2.05) is 0 Å². The van der Waals surface area contributed by atoms with Crippen molar-refractivity contribution < 1.29 is 28.6 Å². The molecule has 2 heterocycles. The SMILES string of the molecule is CCOC(=S)S[C@@H]1OC(=O)O[C@H]1CN1C(=O)c2ccccc2C1=O. The van der Waals surface area contributed by atoms with Crippen LogP contribution in [-0.2, 0) is 14.2 Å². The molecule has 24 heavy (non-hydrogen) atoms. The molecule has 0 unspecified atom stereocenters. The van der Waals surface area contributed by atoms with E-state index in [0.717, 1.165) is 16.7 Å². The number of hydrogen-bond donors (Lipinski definition) is 0. The van der Waals surface area contributed by atoms with E-state index >= 15 is 0 Å². The number of amides is 2. The molecule has 2 aliphatic heterocycles. The van der Waals surface area contributed by atoms with E-state index < -0.39 is 29.5 Å². The number of nitrogens with zero attached hydrogens (tertiary/aromatic N) is 1. The highest BCUT2D eigenvalue weighted by molar-refractivity contribution is 8.22. The van der Waals surface area contributed by atoms with Gasteiger partial charge in [0.1, 0.15) is 0 Å². The molecule has 0 aromatic heterocycles. The number of thioether (sulfide) groups is 1. The number of fused-ring (bicyclic) bond motifs is 1. The predicted octanol–water partition coefficient (Wildman–Crippen LogP) is 2.20. The third-order valence-electron chi connectivity index (χ3n) is 3.48. The van der Waals surface area contributed by atoms with E-state index in [1.165, 1.54) is 0 Å². The van der Waals surface area contributed by atoms with Gasteiger partial charge in [0.25, 0.3) is 11.8 Å². The molecule has 0 bridgehead atoms. The summed E-state index contributed by atoms with van der Waals surface area (Å²) < 4.78 is 15.5. The second-order valence-electron chi connectivity index (χ2n) is 4.96. The van der Waals surface area contributed by atoms with E-state index in [-0.39, 0.29) is 10.9 Å². The van der Waals surface area contributed by atoms with Crippen molar-refractivity contribution in [3.8, 4) is 0 Å². The molecule has 1 aromatic rings. The summed E-state index contributed by atoms with van der Waals surface area (Å²) in [7, 11) is 0. The lowest BCUT2D eigenvalue weighted by molar-refractivity contribution is 0.0552. The number of benzene rings is 1. The molecule has 0 aliphatic carbocycles. The fourth-order valence-electron chi connectivity index (χ4n) is 2.43. The van der Waals surface area contributed by atoms with E-state index in [9.17, 15) is 14.4 Å². The van der Waals surface area contributed by atoms with Crippen LogP contribution in [0.25, 0.3) is 0 Å². The summed E-state index contributed by atoms with van der Waals surface area (Å²) in [5.41, 5.74) is -0.107. The molecule has 1 aromatic carbocycles. The van der Waals surface area contributed by atoms with Crippen LogP contribution in [0.1, 0.15) is 27.6 Å². The van der Waals surface area contributed by atoms with Crippen molar-refractivity contribution >= 4 is 46.3 Å². The number of carbonyl (C=O) groups is 3. The molecule has 3 rings (SSSR count). The van der Waals surface area contributed by atoms with Crippen molar-refractivity contribution in [1.29, 1.82) is 0 Å². The normalized spacial score (nSPS) is 22.2. The van der Waals surface area contributed by atoms with E-state index in [4.69, 9.17) is 26.4 Å². The van der Waals surface area contributed by atoms with Gasteiger partial charge in [-0.05, 0) is 43.0 Å². The fourth-order valence-corrected chi connectivity index (χ4v) is 3.63. The molecule has 9 heteroatoms. The minimum absolute atomic E-state index is 0.107. The molecule has 2 amide bonds. The summed E-state index contributed by atoms with van der Waals surface area (Å²) in [5, 5.41) is 0. The van der Waals surface area contributed by atoms with Gasteiger partial charge < -0.3 is 14.2 Å². The van der Waals surface area contributed by atoms with Gasteiger partial charge in [-0.15, -0.1) is 0 Å². The van der Waals surface area contributed by atoms with Crippen LogP contribution in [0.15, 0.2) is 24.3 Å². The van der Waals surface area contributed by atoms with Gasteiger partial charge in [0.15, 0.2) is 11.5 Å². The van der Waals surface area contributed by atoms with Crippen LogP contribution in [0.3, 0.4) is 0 Å². The zero-order chi connectivity index (χ0) is 17.3. The first-order valence-electron chi connectivity index (χ1n) is 7.17. The monoisotopic (exact) mass is 367 g/mol. The minimum Gasteiger partial charge on any atom is -0.479 e. The number of imide groups is 1. The third kappa shape index (κ3) is 3.09. The zero-order valence-electron chi connectivity index (χ0n) is 12.6. The number of cyclic esters (lactones) is 2. The van der Waals surface area contributed by atoms with Crippen molar-refractivity contribution in [2.24, 2.45) is 0 Å². The van der Waals surface area contributed by atoms with Gasteiger partial charge in [0, 0.05) is 0 Å². The van der Waals surface area contributed by atoms with Crippen LogP contribution < -0.4 is 0 Å². The van der Waals surface area contributed by atoms with Crippen LogP contribution in [0, 0.1) is 0 Å². The first-order chi connectivity index (χ1) is 11.5. The van der Waals surface area contributed by atoms with Crippen LogP contribution >= 0.6 is 24.0 Å². The van der Waals surface area contributed by atoms with Gasteiger partial charge in [-0.2, -0.15) is 0 Å². The third-order valence-corrected chi connectivity index (χ3v) is 4.83. The average Bonchev–Trinajstić information content (AvgIpc) is 3.01. The summed E-state index contributed by atoms with van der Waals surface area (Å²) in [5.74, 6) is -0.843. The van der Waals surface area contributed by atoms with E-state index in [1.54, 1.807) is 31.2 Å². The molecule has 2 aliphatic rings. The second-order valence-corrected chi connectivity index (χ2v) is 6.66. The first-order valence-corrected chi connectivity index (χ1v) is 8.46. The Bertz CT molecular complexity index is 687. The number of thiocarbonyl (C=S) groups is 1. The molecule has 126 valence electrons. The maximum absolute atomic E-state index is 12.4. The van der Waals surface area contributed by atoms with Gasteiger partial charge in [0.05, 0.1) is 24.3 Å². The number of carbonyl (C=O) groups excluding carboxylic acids is 3.